The Kier molecular flexibility index (Phi) is 4.00. The minimum Gasteiger partial charge on any atom is -0.507 e. The molecule has 8 nitrogen and oxygen atoms in total. The summed E-state index contributed by atoms with van der Waals surface area (Å²) < 4.78 is 0. The SMILES string of the molecule is Cc1cc(O)c(C(=O)O)c(-c2ccccc2[N+](=O)[O-])c1C(=O)O. The number of hydrogen-bond donors (Lipinski definition) is 3. The first-order valence-electron chi connectivity index (χ1n) is 6.32. The minimum absolute atomic E-state index is 0.0909. The summed E-state index contributed by atoms with van der Waals surface area (Å²) in [4.78, 5) is 33.4. The second-order valence-electron chi connectivity index (χ2n) is 4.72. The highest BCUT2D eigenvalue weighted by atomic mass is 16.6. The molecule has 0 heterocycles. The highest BCUT2D eigenvalue weighted by Crippen LogP contribution is 2.40. The van der Waals surface area contributed by atoms with Gasteiger partial charge in [-0.05, 0) is 24.6 Å². The number of nitro groups is 1. The molecule has 0 bridgehead atoms. The third kappa shape index (κ3) is 2.69. The van der Waals surface area contributed by atoms with Crippen LogP contribution in [0.4, 0.5) is 5.69 Å². The molecule has 0 atom stereocenters. The number of nitrogens with zero attached hydrogens (tertiary/aromatic N) is 1. The molecule has 0 aromatic heterocycles. The van der Waals surface area contributed by atoms with Crippen LogP contribution in [0.1, 0.15) is 26.3 Å². The highest BCUT2D eigenvalue weighted by molar-refractivity contribution is 6.08. The van der Waals surface area contributed by atoms with Gasteiger partial charge in [-0.15, -0.1) is 0 Å². The molecule has 0 aliphatic carbocycles. The van der Waals surface area contributed by atoms with Crippen molar-refractivity contribution in [3.05, 3.63) is 57.1 Å². The Balaban J connectivity index is 3.04. The fourth-order valence-electron chi connectivity index (χ4n) is 2.41. The van der Waals surface area contributed by atoms with Gasteiger partial charge in [0.25, 0.3) is 5.69 Å². The molecule has 0 fully saturated rings. The summed E-state index contributed by atoms with van der Waals surface area (Å²) in [6.45, 7) is 1.37. The molecule has 0 radical (unpaired) electrons. The number of aromatic hydroxyl groups is 1. The number of aromatic carboxylic acids is 2. The Bertz CT molecular complexity index is 804. The van der Waals surface area contributed by atoms with Crippen LogP contribution >= 0.6 is 0 Å². The van der Waals surface area contributed by atoms with Gasteiger partial charge in [0.1, 0.15) is 11.3 Å². The van der Waals surface area contributed by atoms with Crippen molar-refractivity contribution in [2.45, 2.75) is 6.92 Å². The van der Waals surface area contributed by atoms with Gasteiger partial charge >= 0.3 is 11.9 Å². The van der Waals surface area contributed by atoms with Crippen molar-refractivity contribution >= 4 is 17.6 Å². The monoisotopic (exact) mass is 317 g/mol. The maximum Gasteiger partial charge on any atom is 0.340 e. The lowest BCUT2D eigenvalue weighted by Gasteiger charge is -2.14. The Hall–Kier alpha value is -3.42. The fraction of sp³-hybridized carbons (Fsp3) is 0.0667. The number of hydrogen-bond acceptors (Lipinski definition) is 5. The lowest BCUT2D eigenvalue weighted by Crippen LogP contribution is -2.10. The first-order chi connectivity index (χ1) is 10.8. The van der Waals surface area contributed by atoms with Gasteiger partial charge in [0.15, 0.2) is 0 Å². The Morgan fingerprint density at radius 2 is 1.65 bits per heavy atom. The molecule has 0 aliphatic rings. The smallest absolute Gasteiger partial charge is 0.340 e. The summed E-state index contributed by atoms with van der Waals surface area (Å²) in [5, 5.41) is 39.8. The number of benzene rings is 2. The molecule has 0 unspecified atom stereocenters. The number of carbonyl (C=O) groups is 2. The van der Waals surface area contributed by atoms with Crippen LogP contribution in [-0.2, 0) is 0 Å². The highest BCUT2D eigenvalue weighted by Gasteiger charge is 2.29. The second-order valence-corrected chi connectivity index (χ2v) is 4.72. The standard InChI is InChI=1S/C15H11NO7/c1-7-6-10(17)13(15(20)21)12(11(7)14(18)19)8-4-2-3-5-9(8)16(22)23/h2-6,17H,1H3,(H,18,19)(H,20,21). The van der Waals surface area contributed by atoms with Crippen LogP contribution in [0.15, 0.2) is 30.3 Å². The van der Waals surface area contributed by atoms with Gasteiger partial charge < -0.3 is 15.3 Å². The number of carboxylic acid groups (broad SMARTS) is 2. The molecule has 0 spiro atoms. The van der Waals surface area contributed by atoms with Crippen molar-refractivity contribution in [1.82, 2.24) is 0 Å². The van der Waals surface area contributed by atoms with Gasteiger partial charge in [-0.1, -0.05) is 12.1 Å². The van der Waals surface area contributed by atoms with E-state index < -0.39 is 45.0 Å². The van der Waals surface area contributed by atoms with Crippen molar-refractivity contribution in [2.24, 2.45) is 0 Å². The molecular formula is C15H11NO7. The van der Waals surface area contributed by atoms with Crippen LogP contribution in [-0.4, -0.2) is 32.2 Å². The van der Waals surface area contributed by atoms with Crippen molar-refractivity contribution in [1.29, 1.82) is 0 Å². The third-order valence-electron chi connectivity index (χ3n) is 3.30. The number of rotatable bonds is 4. The first kappa shape index (κ1) is 16.0. The van der Waals surface area contributed by atoms with E-state index >= 15 is 0 Å². The lowest BCUT2D eigenvalue weighted by atomic mass is 9.89. The van der Waals surface area contributed by atoms with Gasteiger partial charge in [0, 0.05) is 11.6 Å². The summed E-state index contributed by atoms with van der Waals surface area (Å²) in [7, 11) is 0. The first-order valence-corrected chi connectivity index (χ1v) is 6.32. The third-order valence-corrected chi connectivity index (χ3v) is 3.30. The van der Waals surface area contributed by atoms with Gasteiger partial charge in [0.05, 0.1) is 16.1 Å². The molecule has 0 amide bonds. The predicted molar refractivity (Wildman–Crippen MR) is 78.9 cm³/mol. The van der Waals surface area contributed by atoms with Crippen molar-refractivity contribution in [3.63, 3.8) is 0 Å². The van der Waals surface area contributed by atoms with E-state index in [2.05, 4.69) is 0 Å². The molecule has 0 saturated heterocycles. The Morgan fingerprint density at radius 3 is 2.17 bits per heavy atom. The molecular weight excluding hydrogens is 306 g/mol. The molecule has 118 valence electrons. The van der Waals surface area contributed by atoms with E-state index in [1.54, 1.807) is 0 Å². The fourth-order valence-corrected chi connectivity index (χ4v) is 2.41. The summed E-state index contributed by atoms with van der Waals surface area (Å²) in [5.41, 5.74) is -2.05. The largest absolute Gasteiger partial charge is 0.507 e. The summed E-state index contributed by atoms with van der Waals surface area (Å²) in [6, 6.07) is 6.17. The summed E-state index contributed by atoms with van der Waals surface area (Å²) >= 11 is 0. The topological polar surface area (TPSA) is 138 Å². The molecule has 2 rings (SSSR count). The van der Waals surface area contributed by atoms with E-state index in [4.69, 9.17) is 0 Å². The molecule has 8 heteroatoms. The number of nitro benzene ring substituents is 1. The average Bonchev–Trinajstić information content (AvgIpc) is 2.45. The van der Waals surface area contributed by atoms with E-state index in [0.29, 0.717) is 0 Å². The Labute approximate surface area is 129 Å². The number of aryl methyl sites for hydroxylation is 1. The van der Waals surface area contributed by atoms with Crippen LogP contribution in [0.3, 0.4) is 0 Å². The average molecular weight is 317 g/mol. The number of phenols is 1. The zero-order chi connectivity index (χ0) is 17.3. The molecule has 2 aromatic carbocycles. The van der Waals surface area contributed by atoms with Crippen molar-refractivity contribution < 1.29 is 29.8 Å². The van der Waals surface area contributed by atoms with Gasteiger partial charge in [-0.2, -0.15) is 0 Å². The van der Waals surface area contributed by atoms with Crippen LogP contribution < -0.4 is 0 Å². The van der Waals surface area contributed by atoms with Gasteiger partial charge in [-0.25, -0.2) is 9.59 Å². The van der Waals surface area contributed by atoms with E-state index in [9.17, 15) is 35.0 Å². The zero-order valence-corrected chi connectivity index (χ0v) is 11.8. The number of para-hydroxylation sites is 1. The van der Waals surface area contributed by atoms with Gasteiger partial charge in [0.2, 0.25) is 0 Å². The lowest BCUT2D eigenvalue weighted by molar-refractivity contribution is -0.384. The Morgan fingerprint density at radius 1 is 1.09 bits per heavy atom. The maximum atomic E-state index is 11.5. The second kappa shape index (κ2) is 5.76. The van der Waals surface area contributed by atoms with E-state index in [0.717, 1.165) is 12.1 Å². The summed E-state index contributed by atoms with van der Waals surface area (Å²) in [5.74, 6) is -3.69. The normalized spacial score (nSPS) is 10.3. The van der Waals surface area contributed by atoms with E-state index in [1.807, 2.05) is 0 Å². The van der Waals surface area contributed by atoms with Crippen LogP contribution in [0.25, 0.3) is 11.1 Å². The minimum atomic E-state index is -1.59. The quantitative estimate of drug-likeness (QED) is 0.582. The molecule has 3 N–H and O–H groups in total. The number of carboxylic acids is 2. The van der Waals surface area contributed by atoms with Gasteiger partial charge in [-0.3, -0.25) is 10.1 Å². The molecule has 0 saturated carbocycles. The van der Waals surface area contributed by atoms with Crippen LogP contribution in [0.2, 0.25) is 0 Å². The van der Waals surface area contributed by atoms with Crippen LogP contribution in [0, 0.1) is 17.0 Å². The van der Waals surface area contributed by atoms with Crippen LogP contribution in [0.5, 0.6) is 5.75 Å². The molecule has 0 aliphatic heterocycles. The molecule has 2 aromatic rings. The predicted octanol–water partition coefficient (Wildman–Crippen LogP) is 2.67. The van der Waals surface area contributed by atoms with E-state index in [-0.39, 0.29) is 11.1 Å². The zero-order valence-electron chi connectivity index (χ0n) is 11.8. The molecule has 23 heavy (non-hydrogen) atoms. The summed E-state index contributed by atoms with van der Waals surface area (Å²) in [6.07, 6.45) is 0. The van der Waals surface area contributed by atoms with E-state index in [1.165, 1.54) is 25.1 Å². The van der Waals surface area contributed by atoms with Crippen molar-refractivity contribution in [3.8, 4) is 16.9 Å². The van der Waals surface area contributed by atoms with Crippen molar-refractivity contribution in [2.75, 3.05) is 0 Å². The maximum absolute atomic E-state index is 11.5.